The van der Waals surface area contributed by atoms with Crippen LogP contribution in [0.1, 0.15) is 33.1 Å². The lowest BCUT2D eigenvalue weighted by molar-refractivity contribution is -0.144. The molecule has 0 bridgehead atoms. The molecular weight excluding hydrogens is 170 g/mol. The molecule has 0 radical (unpaired) electrons. The van der Waals surface area contributed by atoms with Gasteiger partial charge in [-0.25, -0.2) is 4.79 Å². The van der Waals surface area contributed by atoms with Crippen LogP contribution in [-0.2, 0) is 14.3 Å². The number of methoxy groups -OCH3 is 1. The quantitative estimate of drug-likeness (QED) is 0.649. The second-order valence-corrected chi connectivity index (χ2v) is 2.92. The Kier molecular flexibility index (Phi) is 5.93. The van der Waals surface area contributed by atoms with Crippen molar-refractivity contribution in [2.75, 3.05) is 7.11 Å². The molecule has 0 aliphatic rings. The van der Waals surface area contributed by atoms with Gasteiger partial charge in [0, 0.05) is 6.42 Å². The van der Waals surface area contributed by atoms with Gasteiger partial charge >= 0.3 is 5.97 Å². The van der Waals surface area contributed by atoms with E-state index in [1.54, 1.807) is 6.92 Å². The van der Waals surface area contributed by atoms with Gasteiger partial charge in [0.15, 0.2) is 0 Å². The Morgan fingerprint density at radius 3 is 2.54 bits per heavy atom. The predicted octanol–water partition coefficient (Wildman–Crippen LogP) is 0.854. The highest BCUT2D eigenvalue weighted by Crippen LogP contribution is 1.95. The van der Waals surface area contributed by atoms with Gasteiger partial charge in [0.25, 0.3) is 0 Å². The second kappa shape index (κ2) is 6.46. The van der Waals surface area contributed by atoms with Crippen molar-refractivity contribution in [3.05, 3.63) is 0 Å². The van der Waals surface area contributed by atoms with Gasteiger partial charge in [0.1, 0.15) is 6.04 Å². The summed E-state index contributed by atoms with van der Waals surface area (Å²) in [6, 6.07) is -0.547. The van der Waals surface area contributed by atoms with Crippen molar-refractivity contribution in [2.45, 2.75) is 39.2 Å². The average molecular weight is 187 g/mol. The number of carbonyl (C=O) groups is 2. The number of unbranched alkanes of at least 4 members (excludes halogenated alkanes) is 1. The SMILES string of the molecule is CCCCC(=O)N[C@@H](C)C(=O)OC. The molecule has 0 rings (SSSR count). The zero-order valence-corrected chi connectivity index (χ0v) is 8.42. The molecule has 0 aromatic rings. The first-order valence-corrected chi connectivity index (χ1v) is 4.49. The van der Waals surface area contributed by atoms with Gasteiger partial charge in [-0.05, 0) is 13.3 Å². The van der Waals surface area contributed by atoms with E-state index in [-0.39, 0.29) is 5.91 Å². The third-order valence-electron chi connectivity index (χ3n) is 1.69. The molecule has 1 atom stereocenters. The van der Waals surface area contributed by atoms with Crippen molar-refractivity contribution in [2.24, 2.45) is 0 Å². The molecule has 13 heavy (non-hydrogen) atoms. The van der Waals surface area contributed by atoms with Crippen LogP contribution in [0.2, 0.25) is 0 Å². The van der Waals surface area contributed by atoms with E-state index in [2.05, 4.69) is 10.1 Å². The van der Waals surface area contributed by atoms with Crippen LogP contribution in [0.25, 0.3) is 0 Å². The van der Waals surface area contributed by atoms with Crippen molar-refractivity contribution in [3.63, 3.8) is 0 Å². The molecular formula is C9H17NO3. The number of nitrogens with one attached hydrogen (secondary N) is 1. The minimum atomic E-state index is -0.547. The lowest BCUT2D eigenvalue weighted by Crippen LogP contribution is -2.38. The van der Waals surface area contributed by atoms with Crippen LogP contribution in [0.4, 0.5) is 0 Å². The number of hydrogen-bond donors (Lipinski definition) is 1. The molecule has 0 aliphatic carbocycles. The summed E-state index contributed by atoms with van der Waals surface area (Å²) in [6.45, 7) is 3.62. The summed E-state index contributed by atoms with van der Waals surface area (Å²) in [5.74, 6) is -0.510. The van der Waals surface area contributed by atoms with Crippen molar-refractivity contribution in [1.82, 2.24) is 5.32 Å². The molecule has 0 saturated heterocycles. The molecule has 0 saturated carbocycles. The van der Waals surface area contributed by atoms with Gasteiger partial charge in [-0.1, -0.05) is 13.3 Å². The van der Waals surface area contributed by atoms with Crippen LogP contribution in [0.15, 0.2) is 0 Å². The van der Waals surface area contributed by atoms with Crippen LogP contribution in [-0.4, -0.2) is 25.0 Å². The van der Waals surface area contributed by atoms with Gasteiger partial charge in [-0.3, -0.25) is 4.79 Å². The molecule has 1 N–H and O–H groups in total. The summed E-state index contributed by atoms with van der Waals surface area (Å²) < 4.78 is 4.46. The highest BCUT2D eigenvalue weighted by atomic mass is 16.5. The maximum atomic E-state index is 11.1. The van der Waals surface area contributed by atoms with Gasteiger partial charge in [-0.2, -0.15) is 0 Å². The van der Waals surface area contributed by atoms with E-state index in [9.17, 15) is 9.59 Å². The summed E-state index contributed by atoms with van der Waals surface area (Å²) in [4.78, 5) is 22.0. The van der Waals surface area contributed by atoms with Gasteiger partial charge in [0.05, 0.1) is 7.11 Å². The molecule has 76 valence electrons. The van der Waals surface area contributed by atoms with E-state index >= 15 is 0 Å². The summed E-state index contributed by atoms with van der Waals surface area (Å²) in [7, 11) is 1.30. The highest BCUT2D eigenvalue weighted by Gasteiger charge is 2.14. The number of hydrogen-bond acceptors (Lipinski definition) is 3. The first-order chi connectivity index (χ1) is 6.11. The maximum Gasteiger partial charge on any atom is 0.328 e. The number of carbonyl (C=O) groups excluding carboxylic acids is 2. The smallest absolute Gasteiger partial charge is 0.328 e. The Bertz CT molecular complexity index is 180. The van der Waals surface area contributed by atoms with Gasteiger partial charge in [0.2, 0.25) is 5.91 Å². The number of amides is 1. The van der Waals surface area contributed by atoms with Crippen LogP contribution >= 0.6 is 0 Å². The third kappa shape index (κ3) is 5.22. The molecule has 0 spiro atoms. The predicted molar refractivity (Wildman–Crippen MR) is 49.1 cm³/mol. The monoisotopic (exact) mass is 187 g/mol. The second-order valence-electron chi connectivity index (χ2n) is 2.92. The van der Waals surface area contributed by atoms with Crippen molar-refractivity contribution >= 4 is 11.9 Å². The van der Waals surface area contributed by atoms with Gasteiger partial charge < -0.3 is 10.1 Å². The average Bonchev–Trinajstić information content (AvgIpc) is 2.13. The number of rotatable bonds is 5. The number of esters is 1. The van der Waals surface area contributed by atoms with E-state index in [0.717, 1.165) is 12.8 Å². The zero-order chi connectivity index (χ0) is 10.3. The standard InChI is InChI=1S/C9H17NO3/c1-4-5-6-8(11)10-7(2)9(12)13-3/h7H,4-6H2,1-3H3,(H,10,11)/t7-/m0/s1. The van der Waals surface area contributed by atoms with E-state index in [4.69, 9.17) is 0 Å². The normalized spacial score (nSPS) is 11.9. The Morgan fingerprint density at radius 1 is 1.46 bits per heavy atom. The highest BCUT2D eigenvalue weighted by molar-refractivity contribution is 5.83. The zero-order valence-electron chi connectivity index (χ0n) is 8.42. The summed E-state index contributed by atoms with van der Waals surface area (Å²) in [6.07, 6.45) is 2.29. The molecule has 0 heterocycles. The van der Waals surface area contributed by atoms with Gasteiger partial charge in [-0.15, -0.1) is 0 Å². The van der Waals surface area contributed by atoms with Crippen LogP contribution in [0.5, 0.6) is 0 Å². The minimum absolute atomic E-state index is 0.0975. The molecule has 0 aromatic heterocycles. The van der Waals surface area contributed by atoms with Crippen molar-refractivity contribution in [1.29, 1.82) is 0 Å². The fourth-order valence-electron chi connectivity index (χ4n) is 0.887. The van der Waals surface area contributed by atoms with Crippen molar-refractivity contribution < 1.29 is 14.3 Å². The molecule has 0 aliphatic heterocycles. The Morgan fingerprint density at radius 2 is 2.08 bits per heavy atom. The molecule has 4 heteroatoms. The summed E-state index contributed by atoms with van der Waals surface area (Å²) in [5.41, 5.74) is 0. The molecule has 0 aromatic carbocycles. The molecule has 4 nitrogen and oxygen atoms in total. The lowest BCUT2D eigenvalue weighted by Gasteiger charge is -2.10. The maximum absolute atomic E-state index is 11.1. The fourth-order valence-corrected chi connectivity index (χ4v) is 0.887. The summed E-state index contributed by atoms with van der Waals surface area (Å²) >= 11 is 0. The Hall–Kier alpha value is -1.06. The molecule has 0 fully saturated rings. The molecule has 1 amide bonds. The first kappa shape index (κ1) is 11.9. The molecule has 0 unspecified atom stereocenters. The Balaban J connectivity index is 3.71. The van der Waals surface area contributed by atoms with Crippen LogP contribution in [0, 0.1) is 0 Å². The summed E-state index contributed by atoms with van der Waals surface area (Å²) in [5, 5.41) is 2.55. The largest absolute Gasteiger partial charge is 0.467 e. The first-order valence-electron chi connectivity index (χ1n) is 4.49. The van der Waals surface area contributed by atoms with E-state index in [1.807, 2.05) is 6.92 Å². The third-order valence-corrected chi connectivity index (χ3v) is 1.69. The van der Waals surface area contributed by atoms with E-state index in [0.29, 0.717) is 6.42 Å². The fraction of sp³-hybridized carbons (Fsp3) is 0.778. The minimum Gasteiger partial charge on any atom is -0.467 e. The van der Waals surface area contributed by atoms with E-state index < -0.39 is 12.0 Å². The van der Waals surface area contributed by atoms with Crippen LogP contribution < -0.4 is 5.32 Å². The Labute approximate surface area is 78.6 Å². The number of ether oxygens (including phenoxy) is 1. The lowest BCUT2D eigenvalue weighted by atomic mass is 10.2. The van der Waals surface area contributed by atoms with E-state index in [1.165, 1.54) is 7.11 Å². The van der Waals surface area contributed by atoms with Crippen LogP contribution in [0.3, 0.4) is 0 Å². The topological polar surface area (TPSA) is 55.4 Å². The van der Waals surface area contributed by atoms with Crippen molar-refractivity contribution in [3.8, 4) is 0 Å².